The summed E-state index contributed by atoms with van der Waals surface area (Å²) in [5.74, 6) is 0. The number of para-hydroxylation sites is 2. The number of benzene rings is 1. The molecule has 5 rings (SSSR count). The van der Waals surface area contributed by atoms with Crippen molar-refractivity contribution in [1.29, 1.82) is 0 Å². The highest BCUT2D eigenvalue weighted by molar-refractivity contribution is 5.74. The summed E-state index contributed by atoms with van der Waals surface area (Å²) in [5, 5.41) is 0. The number of H-pyrrole nitrogens is 1. The van der Waals surface area contributed by atoms with Crippen molar-refractivity contribution in [3.8, 4) is 0 Å². The Kier molecular flexibility index (Phi) is 5.31. The third-order valence-electron chi connectivity index (χ3n) is 7.96. The van der Waals surface area contributed by atoms with Gasteiger partial charge >= 0.3 is 11.1 Å². The molecule has 3 fully saturated rings. The molecule has 2 aromatic rings. The summed E-state index contributed by atoms with van der Waals surface area (Å²) in [6.07, 6.45) is 13.0. The molecule has 0 unspecified atom stereocenters. The molecule has 0 radical (unpaired) electrons. The van der Waals surface area contributed by atoms with Crippen LogP contribution in [0.25, 0.3) is 11.0 Å². The first-order chi connectivity index (χ1) is 14.9. The number of nitrogens with one attached hydrogen (secondary N) is 1. The summed E-state index contributed by atoms with van der Waals surface area (Å²) in [7, 11) is 0. The molecule has 1 aliphatic carbocycles. The number of rotatable bonds is 2. The third kappa shape index (κ3) is 3.56. The van der Waals surface area contributed by atoms with Crippen molar-refractivity contribution < 1.29 is 0 Å². The van der Waals surface area contributed by atoms with E-state index in [1.54, 1.807) is 4.57 Å². The van der Waals surface area contributed by atoms with E-state index in [4.69, 9.17) is 11.5 Å². The van der Waals surface area contributed by atoms with Gasteiger partial charge in [-0.3, -0.25) is 19.1 Å². The molecule has 7 nitrogen and oxygen atoms in total. The number of piperidine rings is 2. The number of nitrogens with two attached hydrogens (primary N) is 2. The standard InChI is InChI=1S/C24H35N5O2/c25-23-14-8-11-18(28(23)17-9-4-2-1-3-5-10-17)15-24(26,16-23)29-20-13-7-6-12-19(20)27-21(30)22(29)31/h6-7,12-13,17-18H,1-5,8-11,14-16,25-26H2,(H,27,30)/t18-,23+,24+/m0/s1. The van der Waals surface area contributed by atoms with Gasteiger partial charge in [-0.05, 0) is 44.2 Å². The Bertz CT molecular complexity index is 1070. The van der Waals surface area contributed by atoms with E-state index in [-0.39, 0.29) is 6.04 Å². The van der Waals surface area contributed by atoms with Gasteiger partial charge in [0.05, 0.1) is 16.7 Å². The average molecular weight is 426 g/mol. The van der Waals surface area contributed by atoms with E-state index in [0.29, 0.717) is 29.9 Å². The van der Waals surface area contributed by atoms with Gasteiger partial charge in [0.2, 0.25) is 0 Å². The quantitative estimate of drug-likeness (QED) is 0.641. The first-order valence-electron chi connectivity index (χ1n) is 12.0. The van der Waals surface area contributed by atoms with Crippen LogP contribution in [0, 0.1) is 0 Å². The highest BCUT2D eigenvalue weighted by Gasteiger charge is 2.54. The number of aromatic nitrogens is 2. The van der Waals surface area contributed by atoms with Crippen molar-refractivity contribution in [3.63, 3.8) is 0 Å². The maximum atomic E-state index is 13.1. The van der Waals surface area contributed by atoms with Crippen LogP contribution >= 0.6 is 0 Å². The molecule has 3 heterocycles. The van der Waals surface area contributed by atoms with Crippen LogP contribution < -0.4 is 22.6 Å². The molecule has 168 valence electrons. The summed E-state index contributed by atoms with van der Waals surface area (Å²) in [4.78, 5) is 30.8. The number of nitrogens with zero attached hydrogens (tertiary/aromatic N) is 2. The van der Waals surface area contributed by atoms with Gasteiger partial charge in [0, 0.05) is 24.9 Å². The van der Waals surface area contributed by atoms with Gasteiger partial charge in [0.1, 0.15) is 5.66 Å². The van der Waals surface area contributed by atoms with Crippen molar-refractivity contribution in [3.05, 3.63) is 45.0 Å². The molecular weight excluding hydrogens is 390 g/mol. The van der Waals surface area contributed by atoms with Crippen LogP contribution in [0.2, 0.25) is 0 Å². The van der Waals surface area contributed by atoms with Crippen LogP contribution in [0.4, 0.5) is 0 Å². The summed E-state index contributed by atoms with van der Waals surface area (Å²) < 4.78 is 1.55. The Morgan fingerprint density at radius 2 is 1.55 bits per heavy atom. The van der Waals surface area contributed by atoms with Gasteiger partial charge in [0.25, 0.3) is 0 Å². The fourth-order valence-corrected chi connectivity index (χ4v) is 6.81. The second-order valence-electron chi connectivity index (χ2n) is 10.2. The molecule has 3 atom stereocenters. The molecule has 2 saturated heterocycles. The molecule has 2 aliphatic heterocycles. The molecule has 5 N–H and O–H groups in total. The smallest absolute Gasteiger partial charge is 0.316 e. The second-order valence-corrected chi connectivity index (χ2v) is 10.2. The normalized spacial score (nSPS) is 33.2. The first-order valence-corrected chi connectivity index (χ1v) is 12.0. The predicted octanol–water partition coefficient (Wildman–Crippen LogP) is 2.72. The van der Waals surface area contributed by atoms with Gasteiger partial charge in [0.15, 0.2) is 0 Å². The van der Waals surface area contributed by atoms with Crippen LogP contribution in [0.5, 0.6) is 0 Å². The maximum Gasteiger partial charge on any atom is 0.318 e. The monoisotopic (exact) mass is 425 g/mol. The Hall–Kier alpha value is -1.96. The average Bonchev–Trinajstić information content (AvgIpc) is 2.68. The Labute approximate surface area is 182 Å². The zero-order chi connectivity index (χ0) is 21.6. The van der Waals surface area contributed by atoms with Crippen molar-refractivity contribution in [1.82, 2.24) is 14.5 Å². The minimum absolute atomic E-state index is 0.242. The Balaban J connectivity index is 1.57. The Morgan fingerprint density at radius 3 is 2.29 bits per heavy atom. The molecule has 1 saturated carbocycles. The van der Waals surface area contributed by atoms with Crippen molar-refractivity contribution in [2.75, 3.05) is 0 Å². The van der Waals surface area contributed by atoms with E-state index in [1.807, 2.05) is 24.3 Å². The summed E-state index contributed by atoms with van der Waals surface area (Å²) in [5.41, 5.74) is 12.8. The lowest BCUT2D eigenvalue weighted by Gasteiger charge is -2.61. The van der Waals surface area contributed by atoms with Gasteiger partial charge in [-0.25, -0.2) is 0 Å². The van der Waals surface area contributed by atoms with Gasteiger partial charge < -0.3 is 16.5 Å². The number of aromatic amines is 1. The minimum Gasteiger partial charge on any atom is -0.316 e. The molecule has 2 bridgehead atoms. The fraction of sp³-hybridized carbons (Fsp3) is 0.667. The second kappa shape index (κ2) is 7.87. The van der Waals surface area contributed by atoms with E-state index < -0.39 is 22.4 Å². The van der Waals surface area contributed by atoms with Crippen LogP contribution in [0.1, 0.15) is 77.0 Å². The van der Waals surface area contributed by atoms with E-state index >= 15 is 0 Å². The van der Waals surface area contributed by atoms with Crippen LogP contribution in [0.15, 0.2) is 33.9 Å². The number of fused-ring (bicyclic) bond motifs is 3. The highest BCUT2D eigenvalue weighted by Crippen LogP contribution is 2.47. The van der Waals surface area contributed by atoms with Crippen molar-refractivity contribution >= 4 is 11.0 Å². The van der Waals surface area contributed by atoms with Gasteiger partial charge in [-0.15, -0.1) is 0 Å². The van der Waals surface area contributed by atoms with E-state index in [2.05, 4.69) is 9.88 Å². The van der Waals surface area contributed by atoms with Gasteiger partial charge in [-0.1, -0.05) is 44.2 Å². The molecule has 0 spiro atoms. The molecule has 1 aromatic carbocycles. The molecule has 1 aromatic heterocycles. The molecule has 3 aliphatic rings. The van der Waals surface area contributed by atoms with E-state index in [0.717, 1.165) is 19.3 Å². The van der Waals surface area contributed by atoms with E-state index in [9.17, 15) is 9.59 Å². The summed E-state index contributed by atoms with van der Waals surface area (Å²) >= 11 is 0. The van der Waals surface area contributed by atoms with Crippen LogP contribution in [0.3, 0.4) is 0 Å². The SMILES string of the molecule is N[C@@]12CCC[C@@H](C[C@@](N)(n3c(=O)c(=O)[nH]c4ccccc43)C1)N2C1CCCCCCC1. The number of hydrogen-bond acceptors (Lipinski definition) is 5. The zero-order valence-electron chi connectivity index (χ0n) is 18.3. The lowest BCUT2D eigenvalue weighted by molar-refractivity contribution is -0.114. The third-order valence-corrected chi connectivity index (χ3v) is 7.96. The predicted molar refractivity (Wildman–Crippen MR) is 123 cm³/mol. The first kappa shape index (κ1) is 20.9. The topological polar surface area (TPSA) is 110 Å². The lowest BCUT2D eigenvalue weighted by Crippen LogP contribution is -2.74. The molecule has 31 heavy (non-hydrogen) atoms. The Morgan fingerprint density at radius 1 is 0.871 bits per heavy atom. The maximum absolute atomic E-state index is 13.1. The number of hydrogen-bond donors (Lipinski definition) is 3. The van der Waals surface area contributed by atoms with Crippen molar-refractivity contribution in [2.45, 2.75) is 100 Å². The summed E-state index contributed by atoms with van der Waals surface area (Å²) in [6.45, 7) is 0. The minimum atomic E-state index is -0.969. The largest absolute Gasteiger partial charge is 0.318 e. The zero-order valence-corrected chi connectivity index (χ0v) is 18.3. The summed E-state index contributed by atoms with van der Waals surface area (Å²) in [6, 6.07) is 8.15. The van der Waals surface area contributed by atoms with Gasteiger partial charge in [-0.2, -0.15) is 0 Å². The molecular formula is C24H35N5O2. The van der Waals surface area contributed by atoms with Crippen LogP contribution in [-0.4, -0.2) is 32.2 Å². The lowest BCUT2D eigenvalue weighted by atomic mass is 9.72. The fourth-order valence-electron chi connectivity index (χ4n) is 6.81. The van der Waals surface area contributed by atoms with E-state index in [1.165, 1.54) is 44.9 Å². The highest BCUT2D eigenvalue weighted by atomic mass is 16.2. The van der Waals surface area contributed by atoms with Crippen LogP contribution in [-0.2, 0) is 5.66 Å². The molecule has 0 amide bonds. The molecule has 7 heteroatoms. The van der Waals surface area contributed by atoms with Crippen molar-refractivity contribution in [2.24, 2.45) is 11.5 Å².